The predicted molar refractivity (Wildman–Crippen MR) is 255 cm³/mol. The number of anilines is 3. The van der Waals surface area contributed by atoms with Gasteiger partial charge in [0.25, 0.3) is 0 Å². The summed E-state index contributed by atoms with van der Waals surface area (Å²) in [6.45, 7) is 0. The molecule has 0 aliphatic rings. The molecule has 0 amide bonds. The summed E-state index contributed by atoms with van der Waals surface area (Å²) in [5, 5.41) is 22.9. The minimum atomic E-state index is 1.11. The van der Waals surface area contributed by atoms with Gasteiger partial charge in [0.05, 0.1) is 0 Å². The van der Waals surface area contributed by atoms with Gasteiger partial charge in [0, 0.05) is 17.1 Å². The van der Waals surface area contributed by atoms with Gasteiger partial charge in [-0.05, 0) is 151 Å². The Balaban J connectivity index is 1.11. The number of hydrogen-bond acceptors (Lipinski definition) is 1. The van der Waals surface area contributed by atoms with E-state index in [4.69, 9.17) is 0 Å². The fourth-order valence-corrected chi connectivity index (χ4v) is 10.2. The Labute approximate surface area is 340 Å². The first-order valence-corrected chi connectivity index (χ1v) is 20.5. The molecule has 1 heteroatoms. The van der Waals surface area contributed by atoms with Crippen LogP contribution in [0.25, 0.3) is 108 Å². The highest BCUT2D eigenvalue weighted by molar-refractivity contribution is 6.37. The molecule has 59 heavy (non-hydrogen) atoms. The summed E-state index contributed by atoms with van der Waals surface area (Å²) < 4.78 is 0. The third-order valence-corrected chi connectivity index (χ3v) is 12.9. The van der Waals surface area contributed by atoms with Crippen molar-refractivity contribution < 1.29 is 0 Å². The lowest BCUT2D eigenvalue weighted by atomic mass is 9.87. The zero-order valence-corrected chi connectivity index (χ0v) is 32.2. The second-order valence-corrected chi connectivity index (χ2v) is 16.1. The molecule has 0 N–H and O–H groups in total. The predicted octanol–water partition coefficient (Wildman–Crippen LogP) is 16.6. The van der Waals surface area contributed by atoms with E-state index in [1.165, 1.54) is 108 Å². The molecule has 0 spiro atoms. The van der Waals surface area contributed by atoms with Crippen LogP contribution in [0.3, 0.4) is 0 Å². The van der Waals surface area contributed by atoms with E-state index in [-0.39, 0.29) is 0 Å². The van der Waals surface area contributed by atoms with Gasteiger partial charge in [-0.3, -0.25) is 0 Å². The van der Waals surface area contributed by atoms with Gasteiger partial charge in [0.1, 0.15) is 0 Å². The van der Waals surface area contributed by atoms with Crippen LogP contribution < -0.4 is 4.90 Å². The van der Waals surface area contributed by atoms with Crippen LogP contribution in [0.4, 0.5) is 17.1 Å². The number of rotatable bonds is 4. The van der Waals surface area contributed by atoms with Crippen LogP contribution in [-0.2, 0) is 0 Å². The van der Waals surface area contributed by atoms with Gasteiger partial charge < -0.3 is 4.90 Å². The van der Waals surface area contributed by atoms with Gasteiger partial charge >= 0.3 is 0 Å². The van der Waals surface area contributed by atoms with E-state index in [0.717, 1.165) is 17.1 Å². The maximum Gasteiger partial charge on any atom is 0.0474 e. The molecule has 0 aromatic heterocycles. The van der Waals surface area contributed by atoms with Crippen LogP contribution in [0.1, 0.15) is 0 Å². The molecule has 0 bridgehead atoms. The molecular weight excluding hydrogens is 711 g/mol. The summed E-state index contributed by atoms with van der Waals surface area (Å²) in [6.07, 6.45) is 0. The highest BCUT2D eigenvalue weighted by atomic mass is 15.1. The van der Waals surface area contributed by atoms with E-state index in [0.29, 0.717) is 0 Å². The number of hydrogen-bond donors (Lipinski definition) is 0. The monoisotopic (exact) mass is 745 g/mol. The Kier molecular flexibility index (Phi) is 6.79. The van der Waals surface area contributed by atoms with E-state index in [1.807, 2.05) is 0 Å². The minimum Gasteiger partial charge on any atom is -0.310 e. The zero-order chi connectivity index (χ0) is 38.6. The van der Waals surface area contributed by atoms with Gasteiger partial charge in [0.2, 0.25) is 0 Å². The number of nitrogens with zero attached hydrogens (tertiary/aromatic N) is 1. The molecule has 0 fully saturated rings. The molecule has 0 radical (unpaired) electrons. The van der Waals surface area contributed by atoms with Crippen molar-refractivity contribution in [1.29, 1.82) is 0 Å². The van der Waals surface area contributed by atoms with Gasteiger partial charge in [0.15, 0.2) is 0 Å². The second-order valence-electron chi connectivity index (χ2n) is 16.1. The first kappa shape index (κ1) is 32.4. The fourth-order valence-electron chi connectivity index (χ4n) is 10.2. The molecule has 272 valence electrons. The molecule has 13 aromatic carbocycles. The van der Waals surface area contributed by atoms with Gasteiger partial charge in [-0.15, -0.1) is 0 Å². The van der Waals surface area contributed by atoms with Crippen LogP contribution in [0.5, 0.6) is 0 Å². The topological polar surface area (TPSA) is 3.24 Å². The van der Waals surface area contributed by atoms with Crippen LogP contribution in [0.15, 0.2) is 212 Å². The van der Waals surface area contributed by atoms with Crippen LogP contribution >= 0.6 is 0 Å². The second kappa shape index (κ2) is 12.4. The lowest BCUT2D eigenvalue weighted by Gasteiger charge is -2.27. The lowest BCUT2D eigenvalue weighted by Crippen LogP contribution is -2.10. The average Bonchev–Trinajstić information content (AvgIpc) is 3.30. The molecular formula is C58H35N. The van der Waals surface area contributed by atoms with Crippen molar-refractivity contribution in [3.05, 3.63) is 212 Å². The molecule has 0 aliphatic carbocycles. The molecule has 0 atom stereocenters. The Hall–Kier alpha value is -7.74. The van der Waals surface area contributed by atoms with Crippen molar-refractivity contribution >= 4 is 114 Å². The molecule has 0 saturated carbocycles. The fraction of sp³-hybridized carbons (Fsp3) is 0. The molecule has 0 saturated heterocycles. The summed E-state index contributed by atoms with van der Waals surface area (Å²) in [7, 11) is 0. The van der Waals surface area contributed by atoms with Crippen molar-refractivity contribution in [2.75, 3.05) is 4.90 Å². The summed E-state index contributed by atoms with van der Waals surface area (Å²) in [5.74, 6) is 0. The molecule has 0 heterocycles. The molecule has 13 aromatic rings. The summed E-state index contributed by atoms with van der Waals surface area (Å²) in [6, 6.07) is 79.2. The standard InChI is InChI=1S/C58H35N/c1-2-10-42-32-43(23-18-36(42)8-1)37-26-28-46(29-27-37)59(47-30-31-50-44(33-47)24-19-38-9-3-4-14-49(38)50)48-34-45-25-22-41-12-6-16-52-51-15-5-11-39-20-21-40-13-7-17-53(57(40)55(39)51)54(35-48)58(45)56(41)52/h1-35H. The number of fused-ring (bicyclic) bond motifs is 6. The Morgan fingerprint density at radius 1 is 0.203 bits per heavy atom. The summed E-state index contributed by atoms with van der Waals surface area (Å²) in [4.78, 5) is 2.46. The molecule has 13 rings (SSSR count). The minimum absolute atomic E-state index is 1.11. The normalized spacial score (nSPS) is 12.1. The highest BCUT2D eigenvalue weighted by Gasteiger charge is 2.20. The summed E-state index contributed by atoms with van der Waals surface area (Å²) in [5.41, 5.74) is 5.77. The Bertz CT molecular complexity index is 3830. The highest BCUT2D eigenvalue weighted by Crippen LogP contribution is 2.47. The van der Waals surface area contributed by atoms with Gasteiger partial charge in [-0.1, -0.05) is 170 Å². The maximum atomic E-state index is 2.46. The quantitative estimate of drug-likeness (QED) is 0.162. The van der Waals surface area contributed by atoms with Crippen LogP contribution in [0.2, 0.25) is 0 Å². The van der Waals surface area contributed by atoms with E-state index in [1.54, 1.807) is 0 Å². The summed E-state index contributed by atoms with van der Waals surface area (Å²) >= 11 is 0. The van der Waals surface area contributed by atoms with Gasteiger partial charge in [-0.2, -0.15) is 0 Å². The van der Waals surface area contributed by atoms with E-state index < -0.39 is 0 Å². The third-order valence-electron chi connectivity index (χ3n) is 12.9. The number of benzene rings is 12. The molecule has 0 unspecified atom stereocenters. The zero-order valence-electron chi connectivity index (χ0n) is 32.2. The van der Waals surface area contributed by atoms with Crippen LogP contribution in [-0.4, -0.2) is 0 Å². The first-order chi connectivity index (χ1) is 29.2. The molecule has 0 aliphatic heterocycles. The first-order valence-electron chi connectivity index (χ1n) is 20.5. The van der Waals surface area contributed by atoms with Gasteiger partial charge in [-0.25, -0.2) is 0 Å². The largest absolute Gasteiger partial charge is 0.310 e. The Morgan fingerprint density at radius 3 is 1.37 bits per heavy atom. The Morgan fingerprint density at radius 2 is 0.661 bits per heavy atom. The molecule has 1 nitrogen and oxygen atoms in total. The van der Waals surface area contributed by atoms with Crippen molar-refractivity contribution in [2.45, 2.75) is 0 Å². The van der Waals surface area contributed by atoms with E-state index in [9.17, 15) is 0 Å². The smallest absolute Gasteiger partial charge is 0.0474 e. The average molecular weight is 746 g/mol. The third kappa shape index (κ3) is 4.86. The lowest BCUT2D eigenvalue weighted by molar-refractivity contribution is 1.30. The van der Waals surface area contributed by atoms with Crippen LogP contribution in [0, 0.1) is 0 Å². The van der Waals surface area contributed by atoms with E-state index >= 15 is 0 Å². The van der Waals surface area contributed by atoms with Crippen molar-refractivity contribution in [1.82, 2.24) is 0 Å². The van der Waals surface area contributed by atoms with Crippen molar-refractivity contribution in [2.24, 2.45) is 0 Å². The maximum absolute atomic E-state index is 2.46. The van der Waals surface area contributed by atoms with Crippen molar-refractivity contribution in [3.63, 3.8) is 0 Å². The SMILES string of the molecule is c1ccc2cc(-c3ccc(N(c4ccc5c(ccc6ccccc65)c4)c4cc5ccc6cccc7c8cccc9ccc%10cccc(c(c4)c5c67)c%10c98)cc3)ccc2c1. The van der Waals surface area contributed by atoms with E-state index in [2.05, 4.69) is 217 Å². The van der Waals surface area contributed by atoms with Crippen molar-refractivity contribution in [3.8, 4) is 11.1 Å².